The Hall–Kier alpha value is -1.06. The smallest absolute Gasteiger partial charge is 0.245 e. The van der Waals surface area contributed by atoms with Crippen LogP contribution in [0.5, 0.6) is 0 Å². The van der Waals surface area contributed by atoms with Crippen molar-refractivity contribution in [1.82, 2.24) is 10.2 Å². The van der Waals surface area contributed by atoms with Crippen molar-refractivity contribution in [2.24, 2.45) is 5.92 Å². The predicted molar refractivity (Wildman–Crippen MR) is 74.6 cm³/mol. The van der Waals surface area contributed by atoms with E-state index in [2.05, 4.69) is 12.2 Å². The number of hydrogen-bond donors (Lipinski definition) is 1. The molecule has 4 heteroatoms. The Morgan fingerprint density at radius 3 is 2.53 bits per heavy atom. The molecule has 108 valence electrons. The molecular weight excluding hydrogens is 240 g/mol. The summed E-state index contributed by atoms with van der Waals surface area (Å²) in [5, 5.41) is 2.93. The van der Waals surface area contributed by atoms with Gasteiger partial charge in [0.15, 0.2) is 0 Å². The summed E-state index contributed by atoms with van der Waals surface area (Å²) in [6.45, 7) is 6.12. The van der Waals surface area contributed by atoms with Crippen LogP contribution < -0.4 is 5.32 Å². The third kappa shape index (κ3) is 2.93. The van der Waals surface area contributed by atoms with Crippen LogP contribution in [0.1, 0.15) is 59.3 Å². The fourth-order valence-electron chi connectivity index (χ4n) is 3.38. The number of hydrogen-bond acceptors (Lipinski definition) is 2. The van der Waals surface area contributed by atoms with Crippen molar-refractivity contribution in [3.8, 4) is 0 Å². The largest absolute Gasteiger partial charge is 0.344 e. The third-order valence-electron chi connectivity index (χ3n) is 4.72. The summed E-state index contributed by atoms with van der Waals surface area (Å²) in [5.74, 6) is 0.358. The molecule has 1 aliphatic heterocycles. The van der Waals surface area contributed by atoms with Crippen LogP contribution in [0.4, 0.5) is 0 Å². The Kier molecular flexibility index (Phi) is 4.48. The Balaban J connectivity index is 2.23. The number of carbonyl (C=O) groups is 2. The number of nitrogens with zero attached hydrogens (tertiary/aromatic N) is 1. The van der Waals surface area contributed by atoms with Gasteiger partial charge in [-0.2, -0.15) is 0 Å². The summed E-state index contributed by atoms with van der Waals surface area (Å²) in [7, 11) is 0. The third-order valence-corrected chi connectivity index (χ3v) is 4.72. The molecule has 0 aromatic rings. The van der Waals surface area contributed by atoms with Gasteiger partial charge in [0.2, 0.25) is 11.8 Å². The lowest BCUT2D eigenvalue weighted by Crippen LogP contribution is -2.52. The second-order valence-electron chi connectivity index (χ2n) is 6.17. The fraction of sp³-hybridized carbons (Fsp3) is 0.867. The van der Waals surface area contributed by atoms with E-state index < -0.39 is 0 Å². The monoisotopic (exact) mass is 266 g/mol. The minimum absolute atomic E-state index is 0.0200. The number of carbonyl (C=O) groups excluding carboxylic acids is 2. The van der Waals surface area contributed by atoms with Gasteiger partial charge in [-0.05, 0) is 25.7 Å². The number of nitrogens with one attached hydrogen (secondary N) is 1. The van der Waals surface area contributed by atoms with Gasteiger partial charge in [-0.15, -0.1) is 0 Å². The molecule has 2 amide bonds. The summed E-state index contributed by atoms with van der Waals surface area (Å²) in [6.07, 6.45) is 5.95. The SMILES string of the molecule is CCC(C)C1NC(=O)CC(C)N(C2CCCC2)C1=O. The molecule has 0 spiro atoms. The predicted octanol–water partition coefficient (Wildman–Crippen LogP) is 2.08. The van der Waals surface area contributed by atoms with Gasteiger partial charge in [0.1, 0.15) is 6.04 Å². The quantitative estimate of drug-likeness (QED) is 0.850. The summed E-state index contributed by atoms with van der Waals surface area (Å²) in [5.41, 5.74) is 0. The van der Waals surface area contributed by atoms with Gasteiger partial charge in [0, 0.05) is 18.5 Å². The van der Waals surface area contributed by atoms with Crippen molar-refractivity contribution in [2.75, 3.05) is 0 Å². The normalized spacial score (nSPS) is 31.2. The number of rotatable bonds is 3. The molecule has 4 nitrogen and oxygen atoms in total. The van der Waals surface area contributed by atoms with Gasteiger partial charge in [-0.25, -0.2) is 0 Å². The van der Waals surface area contributed by atoms with Crippen LogP contribution in [0.3, 0.4) is 0 Å². The summed E-state index contributed by atoms with van der Waals surface area (Å²) < 4.78 is 0. The standard InChI is InChI=1S/C15H26N2O2/c1-4-10(2)14-15(19)17(12-7-5-6-8-12)11(3)9-13(18)16-14/h10-12,14H,4-9H2,1-3H3,(H,16,18). The van der Waals surface area contributed by atoms with Crippen molar-refractivity contribution >= 4 is 11.8 Å². The van der Waals surface area contributed by atoms with E-state index in [1.165, 1.54) is 12.8 Å². The molecule has 0 bridgehead atoms. The van der Waals surface area contributed by atoms with Crippen LogP contribution >= 0.6 is 0 Å². The molecule has 1 heterocycles. The highest BCUT2D eigenvalue weighted by Gasteiger charge is 2.40. The average Bonchev–Trinajstić information content (AvgIpc) is 2.85. The van der Waals surface area contributed by atoms with E-state index in [1.807, 2.05) is 18.7 Å². The highest BCUT2D eigenvalue weighted by atomic mass is 16.2. The summed E-state index contributed by atoms with van der Waals surface area (Å²) in [4.78, 5) is 26.8. The maximum atomic E-state index is 12.8. The van der Waals surface area contributed by atoms with Gasteiger partial charge < -0.3 is 10.2 Å². The van der Waals surface area contributed by atoms with Crippen LogP contribution in [0.15, 0.2) is 0 Å². The molecule has 0 aromatic heterocycles. The Morgan fingerprint density at radius 1 is 1.32 bits per heavy atom. The molecule has 2 rings (SSSR count). The molecule has 19 heavy (non-hydrogen) atoms. The zero-order chi connectivity index (χ0) is 14.0. The molecule has 1 N–H and O–H groups in total. The van der Waals surface area contributed by atoms with Crippen molar-refractivity contribution < 1.29 is 9.59 Å². The van der Waals surface area contributed by atoms with Crippen LogP contribution in [-0.2, 0) is 9.59 Å². The first kappa shape index (κ1) is 14.4. The molecule has 3 atom stereocenters. The van der Waals surface area contributed by atoms with E-state index in [0.717, 1.165) is 19.3 Å². The topological polar surface area (TPSA) is 49.4 Å². The van der Waals surface area contributed by atoms with E-state index in [9.17, 15) is 9.59 Å². The van der Waals surface area contributed by atoms with E-state index in [0.29, 0.717) is 12.5 Å². The van der Waals surface area contributed by atoms with E-state index in [1.54, 1.807) is 0 Å². The molecule has 1 saturated carbocycles. The molecule has 1 saturated heterocycles. The van der Waals surface area contributed by atoms with Gasteiger partial charge >= 0.3 is 0 Å². The average molecular weight is 266 g/mol. The maximum Gasteiger partial charge on any atom is 0.245 e. The lowest BCUT2D eigenvalue weighted by atomic mass is 9.97. The Labute approximate surface area is 115 Å². The maximum absolute atomic E-state index is 12.8. The molecule has 2 aliphatic rings. The van der Waals surface area contributed by atoms with Gasteiger partial charge in [-0.3, -0.25) is 9.59 Å². The first-order valence-electron chi connectivity index (χ1n) is 7.66. The second-order valence-corrected chi connectivity index (χ2v) is 6.17. The molecule has 2 fully saturated rings. The molecule has 0 radical (unpaired) electrons. The zero-order valence-electron chi connectivity index (χ0n) is 12.3. The first-order chi connectivity index (χ1) is 9.04. The van der Waals surface area contributed by atoms with Crippen LogP contribution in [0.25, 0.3) is 0 Å². The Bertz CT molecular complexity index is 350. The van der Waals surface area contributed by atoms with Crippen LogP contribution in [0, 0.1) is 5.92 Å². The lowest BCUT2D eigenvalue weighted by Gasteiger charge is -2.35. The van der Waals surface area contributed by atoms with Gasteiger partial charge in [0.05, 0.1) is 0 Å². The van der Waals surface area contributed by atoms with Crippen molar-refractivity contribution in [1.29, 1.82) is 0 Å². The Morgan fingerprint density at radius 2 is 1.95 bits per heavy atom. The van der Waals surface area contributed by atoms with Crippen LogP contribution in [-0.4, -0.2) is 34.8 Å². The zero-order valence-corrected chi connectivity index (χ0v) is 12.3. The minimum Gasteiger partial charge on any atom is -0.344 e. The van der Waals surface area contributed by atoms with Crippen molar-refractivity contribution in [3.63, 3.8) is 0 Å². The second kappa shape index (κ2) is 5.93. The number of amides is 2. The fourth-order valence-corrected chi connectivity index (χ4v) is 3.38. The first-order valence-corrected chi connectivity index (χ1v) is 7.66. The van der Waals surface area contributed by atoms with Crippen molar-refractivity contribution in [2.45, 2.75) is 77.4 Å². The van der Waals surface area contributed by atoms with Gasteiger partial charge in [0.25, 0.3) is 0 Å². The molecule has 0 aromatic carbocycles. The minimum atomic E-state index is -0.331. The van der Waals surface area contributed by atoms with E-state index in [-0.39, 0.29) is 29.8 Å². The summed E-state index contributed by atoms with van der Waals surface area (Å²) in [6, 6.07) is 0.0504. The van der Waals surface area contributed by atoms with Crippen molar-refractivity contribution in [3.05, 3.63) is 0 Å². The van der Waals surface area contributed by atoms with Crippen LogP contribution in [0.2, 0.25) is 0 Å². The van der Waals surface area contributed by atoms with E-state index >= 15 is 0 Å². The van der Waals surface area contributed by atoms with E-state index in [4.69, 9.17) is 0 Å². The highest BCUT2D eigenvalue weighted by Crippen LogP contribution is 2.29. The molecule has 3 unspecified atom stereocenters. The molecule has 1 aliphatic carbocycles. The highest BCUT2D eigenvalue weighted by molar-refractivity contribution is 5.90. The molecular formula is C15H26N2O2. The summed E-state index contributed by atoms with van der Waals surface area (Å²) >= 11 is 0. The van der Waals surface area contributed by atoms with Gasteiger partial charge in [-0.1, -0.05) is 33.1 Å². The lowest BCUT2D eigenvalue weighted by molar-refractivity contribution is -0.138.